The Labute approximate surface area is 166 Å². The lowest BCUT2D eigenvalue weighted by atomic mass is 10.1. The zero-order chi connectivity index (χ0) is 19.9. The highest BCUT2D eigenvalue weighted by atomic mass is 16.2. The highest BCUT2D eigenvalue weighted by Gasteiger charge is 2.63. The first-order valence-corrected chi connectivity index (χ1v) is 9.84. The smallest absolute Gasteiger partial charge is 0.332 e. The molecule has 2 bridgehead atoms. The molecule has 0 radical (unpaired) electrons. The number of rotatable bonds is 2. The maximum absolute atomic E-state index is 13.4. The predicted octanol–water partition coefficient (Wildman–Crippen LogP) is 1.64. The third-order valence-electron chi connectivity index (χ3n) is 6.58. The summed E-state index contributed by atoms with van der Waals surface area (Å²) in [6.45, 7) is 0.513. The van der Waals surface area contributed by atoms with E-state index >= 15 is 0 Å². The standard InChI is InChI=1S/C21H17N5O3/c22-9-12-5-6-15(14-2-1-7-23-17(12)14)26-20(28)18-16-8-13(25(18)21(26)29)10-24(16)19(27)11-3-4-11/h1-2,5-7,11,13,16,18H,3-4,8,10H2/t13?,16?,18-/m1/s1. The normalized spacial score (nSPS) is 27.7. The number of pyridine rings is 1. The number of likely N-dealkylation sites (tertiary alicyclic amines) is 1. The summed E-state index contributed by atoms with van der Waals surface area (Å²) in [5.74, 6) is -0.0748. The van der Waals surface area contributed by atoms with E-state index in [4.69, 9.17) is 0 Å². The summed E-state index contributed by atoms with van der Waals surface area (Å²) in [5, 5.41) is 9.94. The number of nitriles is 1. The first kappa shape index (κ1) is 16.5. The molecule has 0 spiro atoms. The van der Waals surface area contributed by atoms with Crippen LogP contribution < -0.4 is 4.90 Å². The molecule has 0 N–H and O–H groups in total. The van der Waals surface area contributed by atoms with E-state index in [1.54, 1.807) is 35.4 Å². The van der Waals surface area contributed by atoms with Crippen LogP contribution in [0.5, 0.6) is 0 Å². The zero-order valence-electron chi connectivity index (χ0n) is 15.5. The third-order valence-corrected chi connectivity index (χ3v) is 6.58. The quantitative estimate of drug-likeness (QED) is 0.730. The fourth-order valence-corrected chi connectivity index (χ4v) is 5.14. The largest absolute Gasteiger partial charge is 0.335 e. The molecular formula is C21H17N5O3. The number of imide groups is 1. The van der Waals surface area contributed by atoms with Crippen molar-refractivity contribution in [1.82, 2.24) is 14.8 Å². The van der Waals surface area contributed by atoms with Gasteiger partial charge >= 0.3 is 6.03 Å². The molecule has 4 amide bonds. The fourth-order valence-electron chi connectivity index (χ4n) is 5.14. The lowest BCUT2D eigenvalue weighted by Crippen LogP contribution is -2.55. The molecule has 29 heavy (non-hydrogen) atoms. The van der Waals surface area contributed by atoms with Crippen molar-refractivity contribution in [2.45, 2.75) is 37.4 Å². The summed E-state index contributed by atoms with van der Waals surface area (Å²) in [6.07, 6.45) is 4.10. The first-order chi connectivity index (χ1) is 14.1. The molecule has 144 valence electrons. The number of hydrogen-bond acceptors (Lipinski definition) is 5. The molecule has 3 saturated heterocycles. The van der Waals surface area contributed by atoms with E-state index in [9.17, 15) is 19.6 Å². The van der Waals surface area contributed by atoms with Crippen molar-refractivity contribution in [2.75, 3.05) is 11.4 Å². The van der Waals surface area contributed by atoms with E-state index in [1.165, 1.54) is 4.90 Å². The van der Waals surface area contributed by atoms with Gasteiger partial charge in [-0.25, -0.2) is 9.69 Å². The van der Waals surface area contributed by atoms with Gasteiger partial charge in [-0.15, -0.1) is 0 Å². The van der Waals surface area contributed by atoms with Crippen LogP contribution in [0.1, 0.15) is 24.8 Å². The number of anilines is 1. The Bertz CT molecular complexity index is 1150. The number of nitrogens with zero attached hydrogens (tertiary/aromatic N) is 5. The Morgan fingerprint density at radius 3 is 2.79 bits per heavy atom. The van der Waals surface area contributed by atoms with Crippen LogP contribution in [-0.4, -0.2) is 57.3 Å². The Morgan fingerprint density at radius 1 is 1.21 bits per heavy atom. The predicted molar refractivity (Wildman–Crippen MR) is 102 cm³/mol. The monoisotopic (exact) mass is 387 g/mol. The molecule has 3 aliphatic heterocycles. The minimum atomic E-state index is -0.619. The second-order valence-electron chi connectivity index (χ2n) is 8.17. The van der Waals surface area contributed by atoms with Gasteiger partial charge in [0, 0.05) is 24.0 Å². The van der Waals surface area contributed by atoms with E-state index in [1.807, 2.05) is 4.90 Å². The molecule has 4 heterocycles. The molecule has 1 aromatic carbocycles. The van der Waals surface area contributed by atoms with Gasteiger partial charge in [0.25, 0.3) is 5.91 Å². The van der Waals surface area contributed by atoms with Crippen LogP contribution >= 0.6 is 0 Å². The summed E-state index contributed by atoms with van der Waals surface area (Å²) in [7, 11) is 0. The van der Waals surface area contributed by atoms with Crippen molar-refractivity contribution in [3.63, 3.8) is 0 Å². The van der Waals surface area contributed by atoms with Crippen LogP contribution in [0.4, 0.5) is 10.5 Å². The summed E-state index contributed by atoms with van der Waals surface area (Å²) < 4.78 is 0. The number of carbonyl (C=O) groups excluding carboxylic acids is 3. The van der Waals surface area contributed by atoms with Crippen molar-refractivity contribution in [3.8, 4) is 6.07 Å². The maximum atomic E-state index is 13.4. The molecule has 1 saturated carbocycles. The van der Waals surface area contributed by atoms with E-state index in [0.717, 1.165) is 12.8 Å². The van der Waals surface area contributed by atoms with E-state index in [-0.39, 0.29) is 35.8 Å². The molecule has 4 fully saturated rings. The van der Waals surface area contributed by atoms with Gasteiger partial charge in [0.15, 0.2) is 0 Å². The van der Waals surface area contributed by atoms with Crippen LogP contribution in [0.25, 0.3) is 10.9 Å². The average Bonchev–Trinajstić information content (AvgIpc) is 3.33. The van der Waals surface area contributed by atoms with Gasteiger partial charge in [-0.3, -0.25) is 14.6 Å². The Kier molecular flexibility index (Phi) is 3.15. The van der Waals surface area contributed by atoms with E-state index < -0.39 is 6.04 Å². The van der Waals surface area contributed by atoms with Gasteiger partial charge in [0.05, 0.1) is 28.9 Å². The maximum Gasteiger partial charge on any atom is 0.332 e. The molecule has 3 atom stereocenters. The topological polar surface area (TPSA) is 97.6 Å². The summed E-state index contributed by atoms with van der Waals surface area (Å²) in [5.41, 5.74) is 1.30. The highest BCUT2D eigenvalue weighted by molar-refractivity contribution is 6.25. The second-order valence-corrected chi connectivity index (χ2v) is 8.17. The fraction of sp³-hybridized carbons (Fsp3) is 0.381. The van der Waals surface area contributed by atoms with Crippen LogP contribution in [0, 0.1) is 17.2 Å². The molecule has 6 rings (SSSR count). The molecule has 1 aliphatic carbocycles. The van der Waals surface area contributed by atoms with E-state index in [0.29, 0.717) is 35.1 Å². The number of piperazine rings is 1. The minimum absolute atomic E-state index is 0.0969. The van der Waals surface area contributed by atoms with Gasteiger partial charge in [0.1, 0.15) is 12.1 Å². The minimum Gasteiger partial charge on any atom is -0.335 e. The first-order valence-electron chi connectivity index (χ1n) is 9.84. The number of amides is 4. The van der Waals surface area contributed by atoms with Gasteiger partial charge in [-0.2, -0.15) is 5.26 Å². The third kappa shape index (κ3) is 2.07. The number of hydrogen-bond donors (Lipinski definition) is 0. The zero-order valence-corrected chi connectivity index (χ0v) is 15.5. The van der Waals surface area contributed by atoms with Crippen molar-refractivity contribution < 1.29 is 14.4 Å². The van der Waals surface area contributed by atoms with Crippen LogP contribution in [0.2, 0.25) is 0 Å². The van der Waals surface area contributed by atoms with Crippen LogP contribution in [-0.2, 0) is 9.59 Å². The van der Waals surface area contributed by atoms with Crippen molar-refractivity contribution in [3.05, 3.63) is 36.0 Å². The Morgan fingerprint density at radius 2 is 2.03 bits per heavy atom. The molecule has 8 nitrogen and oxygen atoms in total. The van der Waals surface area contributed by atoms with Gasteiger partial charge in [-0.1, -0.05) is 0 Å². The number of fused-ring (bicyclic) bond motifs is 6. The number of urea groups is 1. The summed E-state index contributed by atoms with van der Waals surface area (Å²) >= 11 is 0. The molecule has 8 heteroatoms. The highest BCUT2D eigenvalue weighted by Crippen LogP contribution is 2.45. The molecule has 2 unspecified atom stereocenters. The van der Waals surface area contributed by atoms with Crippen molar-refractivity contribution in [2.24, 2.45) is 5.92 Å². The average molecular weight is 387 g/mol. The molecule has 4 aliphatic rings. The summed E-state index contributed by atoms with van der Waals surface area (Å²) in [6, 6.07) is 7.49. The summed E-state index contributed by atoms with van der Waals surface area (Å²) in [4.78, 5) is 48.2. The second kappa shape index (κ2) is 5.54. The number of benzene rings is 1. The Hall–Kier alpha value is -3.47. The van der Waals surface area contributed by atoms with Crippen molar-refractivity contribution >= 4 is 34.4 Å². The number of aromatic nitrogens is 1. The van der Waals surface area contributed by atoms with Crippen molar-refractivity contribution in [1.29, 1.82) is 5.26 Å². The molecular weight excluding hydrogens is 370 g/mol. The lowest BCUT2D eigenvalue weighted by molar-refractivity contribution is -0.136. The lowest BCUT2D eigenvalue weighted by Gasteiger charge is -2.35. The van der Waals surface area contributed by atoms with E-state index in [2.05, 4.69) is 11.1 Å². The number of carbonyl (C=O) groups is 3. The van der Waals surface area contributed by atoms with Gasteiger partial charge < -0.3 is 9.80 Å². The van der Waals surface area contributed by atoms with Gasteiger partial charge in [0.2, 0.25) is 5.91 Å². The SMILES string of the molecule is N#Cc1ccc(N2C(=O)[C@H]3C4CC(CN4C(=O)C4CC4)N3C2=O)c2cccnc12. The van der Waals surface area contributed by atoms with Gasteiger partial charge in [-0.05, 0) is 43.5 Å². The van der Waals surface area contributed by atoms with Crippen LogP contribution in [0.15, 0.2) is 30.5 Å². The Balaban J connectivity index is 1.41. The van der Waals surface area contributed by atoms with Crippen LogP contribution in [0.3, 0.4) is 0 Å². The molecule has 1 aromatic heterocycles. The molecule has 2 aromatic rings.